The van der Waals surface area contributed by atoms with Gasteiger partial charge in [0.1, 0.15) is 0 Å². The predicted molar refractivity (Wildman–Crippen MR) is 136 cm³/mol. The first-order chi connectivity index (χ1) is 15.7. The van der Waals surface area contributed by atoms with Crippen LogP contribution in [0.2, 0.25) is 0 Å². The molecule has 5 aromatic rings. The Bertz CT molecular complexity index is 1580. The zero-order valence-electron chi connectivity index (χ0n) is 17.3. The molecule has 0 aromatic heterocycles. The highest BCUT2D eigenvalue weighted by atomic mass is 79.9. The lowest BCUT2D eigenvalue weighted by molar-refractivity contribution is 0.725. The predicted octanol–water partition coefficient (Wildman–Crippen LogP) is 7.41. The maximum atomic E-state index is 9.51. The number of para-hydroxylation sites is 1. The summed E-state index contributed by atoms with van der Waals surface area (Å²) in [6.07, 6.45) is 3.25. The average molecular weight is 475 g/mol. The minimum Gasteiger partial charge on any atom is -0.334 e. The van der Waals surface area contributed by atoms with Gasteiger partial charge >= 0.3 is 0 Å². The minimum atomic E-state index is 0.132. The van der Waals surface area contributed by atoms with Gasteiger partial charge in [-0.25, -0.2) is 0 Å². The molecule has 6 rings (SSSR count). The molecule has 0 aliphatic heterocycles. The first-order valence-electron chi connectivity index (χ1n) is 10.7. The van der Waals surface area contributed by atoms with E-state index >= 15 is 0 Å². The fourth-order valence-corrected chi connectivity index (χ4v) is 5.51. The molecule has 1 atom stereocenters. The summed E-state index contributed by atoms with van der Waals surface area (Å²) in [5.41, 5.74) is 4.15. The van der Waals surface area contributed by atoms with Crippen molar-refractivity contribution in [2.45, 2.75) is 12.5 Å². The first kappa shape index (κ1) is 19.1. The van der Waals surface area contributed by atoms with Crippen LogP contribution in [-0.2, 0) is 0 Å². The van der Waals surface area contributed by atoms with E-state index in [1.165, 1.54) is 32.3 Å². The Labute approximate surface area is 195 Å². The van der Waals surface area contributed by atoms with E-state index < -0.39 is 0 Å². The molecule has 0 fully saturated rings. The molecule has 0 amide bonds. The Balaban J connectivity index is 1.63. The third kappa shape index (κ3) is 2.92. The quantitative estimate of drug-likeness (QED) is 0.272. The van der Waals surface area contributed by atoms with Crippen LogP contribution in [0.3, 0.4) is 0 Å². The van der Waals surface area contributed by atoms with Gasteiger partial charge in [0.25, 0.3) is 0 Å². The molecular weight excluding hydrogens is 456 g/mol. The van der Waals surface area contributed by atoms with Crippen LogP contribution in [0.4, 0.5) is 11.4 Å². The second-order valence-corrected chi connectivity index (χ2v) is 9.06. The van der Waals surface area contributed by atoms with Gasteiger partial charge in [0.2, 0.25) is 0 Å². The first-order valence-corrected chi connectivity index (χ1v) is 11.5. The lowest BCUT2D eigenvalue weighted by atomic mass is 9.86. The Kier molecular flexibility index (Phi) is 4.48. The fraction of sp³-hybridized carbons (Fsp3) is 0.0690. The highest BCUT2D eigenvalue weighted by molar-refractivity contribution is 9.10. The van der Waals surface area contributed by atoms with Crippen molar-refractivity contribution in [3.63, 3.8) is 0 Å². The van der Waals surface area contributed by atoms with Gasteiger partial charge in [0.05, 0.1) is 17.7 Å². The van der Waals surface area contributed by atoms with E-state index in [-0.39, 0.29) is 6.04 Å². The monoisotopic (exact) mass is 474 g/mol. The van der Waals surface area contributed by atoms with Crippen LogP contribution in [-0.4, -0.2) is 0 Å². The third-order valence-corrected chi connectivity index (χ3v) is 7.13. The molecule has 0 radical (unpaired) electrons. The zero-order chi connectivity index (χ0) is 21.7. The summed E-state index contributed by atoms with van der Waals surface area (Å²) in [6, 6.07) is 34.1. The molecule has 2 nitrogen and oxygen atoms in total. The SMILES string of the molecule is N#Cc1cccc(N(c2ccccc2)C2CC=c3ccc4c(Br)ccc5ccc2c3c54)c1. The highest BCUT2D eigenvalue weighted by Crippen LogP contribution is 2.43. The van der Waals surface area contributed by atoms with Crippen molar-refractivity contribution in [2.75, 3.05) is 4.90 Å². The number of hydrogen-bond acceptors (Lipinski definition) is 2. The summed E-state index contributed by atoms with van der Waals surface area (Å²) in [5.74, 6) is 0. The maximum absolute atomic E-state index is 9.51. The molecule has 1 aliphatic carbocycles. The van der Waals surface area contributed by atoms with E-state index in [0.717, 1.165) is 22.3 Å². The Hall–Kier alpha value is -3.61. The summed E-state index contributed by atoms with van der Waals surface area (Å²) < 4.78 is 1.12. The van der Waals surface area contributed by atoms with Gasteiger partial charge in [-0.3, -0.25) is 0 Å². The number of rotatable bonds is 3. The second-order valence-electron chi connectivity index (χ2n) is 8.20. The maximum Gasteiger partial charge on any atom is 0.0992 e. The second kappa shape index (κ2) is 7.51. The molecule has 0 spiro atoms. The Morgan fingerprint density at radius 1 is 0.812 bits per heavy atom. The van der Waals surface area contributed by atoms with Crippen LogP contribution in [0.25, 0.3) is 27.6 Å². The number of halogens is 1. The van der Waals surface area contributed by atoms with Gasteiger partial charge in [0, 0.05) is 15.8 Å². The molecule has 1 aliphatic rings. The average Bonchev–Trinajstić information content (AvgIpc) is 2.85. The summed E-state index contributed by atoms with van der Waals surface area (Å²) in [6.45, 7) is 0. The zero-order valence-corrected chi connectivity index (χ0v) is 18.9. The Morgan fingerprint density at radius 2 is 1.62 bits per heavy atom. The smallest absolute Gasteiger partial charge is 0.0992 e. The molecule has 0 saturated heterocycles. The number of benzene rings is 5. The van der Waals surface area contributed by atoms with Gasteiger partial charge in [-0.05, 0) is 75.1 Å². The van der Waals surface area contributed by atoms with Crippen molar-refractivity contribution in [3.8, 4) is 6.07 Å². The van der Waals surface area contributed by atoms with Crippen molar-refractivity contribution in [1.29, 1.82) is 5.26 Å². The molecule has 5 aromatic carbocycles. The molecule has 32 heavy (non-hydrogen) atoms. The van der Waals surface area contributed by atoms with Crippen molar-refractivity contribution in [1.82, 2.24) is 0 Å². The van der Waals surface area contributed by atoms with Crippen molar-refractivity contribution >= 4 is 54.9 Å². The Morgan fingerprint density at radius 3 is 2.47 bits per heavy atom. The van der Waals surface area contributed by atoms with E-state index in [4.69, 9.17) is 0 Å². The van der Waals surface area contributed by atoms with E-state index in [1.807, 2.05) is 24.3 Å². The lowest BCUT2D eigenvalue weighted by Crippen LogP contribution is -2.27. The molecule has 152 valence electrons. The minimum absolute atomic E-state index is 0.132. The molecule has 0 saturated carbocycles. The van der Waals surface area contributed by atoms with E-state index in [9.17, 15) is 5.26 Å². The lowest BCUT2D eigenvalue weighted by Gasteiger charge is -2.36. The van der Waals surface area contributed by atoms with Crippen LogP contribution in [0, 0.1) is 11.3 Å². The van der Waals surface area contributed by atoms with E-state index in [1.54, 1.807) is 0 Å². The normalized spacial score (nSPS) is 14.8. The molecule has 0 heterocycles. The van der Waals surface area contributed by atoms with E-state index in [2.05, 4.69) is 99.7 Å². The van der Waals surface area contributed by atoms with Gasteiger partial charge in [-0.2, -0.15) is 5.26 Å². The van der Waals surface area contributed by atoms with Gasteiger partial charge in [-0.1, -0.05) is 76.6 Å². The number of nitrogens with zero attached hydrogens (tertiary/aromatic N) is 2. The van der Waals surface area contributed by atoms with Crippen molar-refractivity contribution in [3.05, 3.63) is 112 Å². The molecule has 0 N–H and O–H groups in total. The van der Waals surface area contributed by atoms with Crippen LogP contribution in [0.1, 0.15) is 23.6 Å². The van der Waals surface area contributed by atoms with Gasteiger partial charge < -0.3 is 4.90 Å². The third-order valence-electron chi connectivity index (χ3n) is 6.44. The van der Waals surface area contributed by atoms with Crippen LogP contribution in [0.5, 0.6) is 0 Å². The number of hydrogen-bond donors (Lipinski definition) is 0. The van der Waals surface area contributed by atoms with Gasteiger partial charge in [-0.15, -0.1) is 0 Å². The summed E-state index contributed by atoms with van der Waals surface area (Å²) >= 11 is 3.75. The fourth-order valence-electron chi connectivity index (χ4n) is 5.05. The van der Waals surface area contributed by atoms with Crippen LogP contribution >= 0.6 is 15.9 Å². The number of anilines is 2. The summed E-state index contributed by atoms with van der Waals surface area (Å²) in [4.78, 5) is 2.38. The number of nitriles is 1. The molecule has 0 bridgehead atoms. The summed E-state index contributed by atoms with van der Waals surface area (Å²) in [7, 11) is 0. The largest absolute Gasteiger partial charge is 0.334 e. The van der Waals surface area contributed by atoms with Crippen molar-refractivity contribution < 1.29 is 0 Å². The van der Waals surface area contributed by atoms with Crippen LogP contribution in [0.15, 0.2) is 95.5 Å². The van der Waals surface area contributed by atoms with Gasteiger partial charge in [0.15, 0.2) is 0 Å². The van der Waals surface area contributed by atoms with E-state index in [0.29, 0.717) is 5.56 Å². The van der Waals surface area contributed by atoms with Crippen molar-refractivity contribution in [2.24, 2.45) is 0 Å². The standard InChI is InChI=1S/C29H19BrN2/c30-26-15-11-20-10-14-25-27(16-12-21-9-13-24(26)28(20)29(21)25)32(22-6-2-1-3-7-22)23-8-4-5-19(17-23)18-31/h1-15,17,27H,16H2. The summed E-state index contributed by atoms with van der Waals surface area (Å²) in [5, 5.41) is 16.0. The molecular formula is C29H19BrN2. The topological polar surface area (TPSA) is 27.0 Å². The molecule has 3 heteroatoms. The van der Waals surface area contributed by atoms with Crippen LogP contribution < -0.4 is 10.1 Å². The molecule has 1 unspecified atom stereocenters. The highest BCUT2D eigenvalue weighted by Gasteiger charge is 2.27.